The molecule has 1 atom stereocenters. The number of ether oxygens (including phenoxy) is 1. The third-order valence-electron chi connectivity index (χ3n) is 2.74. The summed E-state index contributed by atoms with van der Waals surface area (Å²) in [5, 5.41) is 11.0. The molecular weight excluding hydrogens is 291 g/mol. The smallest absolute Gasteiger partial charge is 0.329 e. The molecule has 108 valence electrons. The first-order chi connectivity index (χ1) is 9.17. The minimum absolute atomic E-state index is 0.0179. The van der Waals surface area contributed by atoms with Gasteiger partial charge in [-0.15, -0.1) is 0 Å². The van der Waals surface area contributed by atoms with Crippen molar-refractivity contribution in [3.63, 3.8) is 0 Å². The molecule has 1 heterocycles. The molecule has 1 aromatic rings. The highest BCUT2D eigenvalue weighted by Crippen LogP contribution is 2.43. The number of nitrogens with two attached hydrogens (primary N) is 1. The number of esters is 1. The second-order valence-electron chi connectivity index (χ2n) is 4.41. The van der Waals surface area contributed by atoms with Gasteiger partial charge in [0.25, 0.3) is 0 Å². The molecule has 1 aromatic carbocycles. The van der Waals surface area contributed by atoms with E-state index in [1.807, 2.05) is 0 Å². The fourth-order valence-electron chi connectivity index (χ4n) is 1.97. The van der Waals surface area contributed by atoms with E-state index in [1.54, 1.807) is 0 Å². The highest BCUT2D eigenvalue weighted by atomic mass is 31.2. The van der Waals surface area contributed by atoms with Crippen LogP contribution in [-0.4, -0.2) is 26.7 Å². The highest BCUT2D eigenvalue weighted by Gasteiger charge is 2.32. The van der Waals surface area contributed by atoms with E-state index in [2.05, 4.69) is 0 Å². The van der Waals surface area contributed by atoms with Gasteiger partial charge >= 0.3 is 19.3 Å². The Morgan fingerprint density at radius 1 is 1.50 bits per heavy atom. The van der Waals surface area contributed by atoms with E-state index >= 15 is 0 Å². The quantitative estimate of drug-likeness (QED) is 0.233. The van der Waals surface area contributed by atoms with E-state index in [0.717, 1.165) is 6.07 Å². The molecule has 0 saturated carbocycles. The van der Waals surface area contributed by atoms with Crippen LogP contribution in [0.15, 0.2) is 12.1 Å². The summed E-state index contributed by atoms with van der Waals surface area (Å²) in [5.74, 6) is -0.987. The van der Waals surface area contributed by atoms with Crippen LogP contribution in [0.1, 0.15) is 11.1 Å². The molecule has 0 saturated heterocycles. The number of fused-ring (bicyclic) bond motifs is 1. The monoisotopic (exact) mass is 302 g/mol. The summed E-state index contributed by atoms with van der Waals surface area (Å²) < 4.78 is 15.8. The minimum atomic E-state index is -4.36. The first kappa shape index (κ1) is 14.6. The van der Waals surface area contributed by atoms with Crippen LogP contribution in [0.5, 0.6) is 5.75 Å². The van der Waals surface area contributed by atoms with Crippen molar-refractivity contribution in [2.24, 2.45) is 5.73 Å². The molecular formula is C10H11N2O7P. The average Bonchev–Trinajstić information content (AvgIpc) is 2.28. The van der Waals surface area contributed by atoms with Crippen molar-refractivity contribution in [2.45, 2.75) is 18.6 Å². The Balaban J connectivity index is 2.53. The third-order valence-corrected chi connectivity index (χ3v) is 3.51. The lowest BCUT2D eigenvalue weighted by Crippen LogP contribution is -2.39. The number of nitro groups is 1. The maximum absolute atomic E-state index is 11.4. The van der Waals surface area contributed by atoms with Gasteiger partial charge in [0, 0.05) is 18.1 Å². The van der Waals surface area contributed by atoms with Crippen molar-refractivity contribution < 1.29 is 28.8 Å². The van der Waals surface area contributed by atoms with Crippen LogP contribution in [0.25, 0.3) is 0 Å². The first-order valence-electron chi connectivity index (χ1n) is 5.49. The van der Waals surface area contributed by atoms with Gasteiger partial charge in [0.15, 0.2) is 0 Å². The minimum Gasteiger partial charge on any atom is -0.418 e. The van der Waals surface area contributed by atoms with Gasteiger partial charge in [-0.3, -0.25) is 14.7 Å². The van der Waals surface area contributed by atoms with Crippen molar-refractivity contribution in [3.8, 4) is 5.75 Å². The summed E-state index contributed by atoms with van der Waals surface area (Å²) >= 11 is 0. The Bertz CT molecular complexity index is 639. The summed E-state index contributed by atoms with van der Waals surface area (Å²) in [7, 11) is -4.36. The van der Waals surface area contributed by atoms with E-state index in [4.69, 9.17) is 20.3 Å². The average molecular weight is 302 g/mol. The molecule has 0 aromatic heterocycles. The molecule has 9 nitrogen and oxygen atoms in total. The van der Waals surface area contributed by atoms with Crippen molar-refractivity contribution >= 4 is 19.3 Å². The van der Waals surface area contributed by atoms with Crippen molar-refractivity contribution in [2.75, 3.05) is 0 Å². The maximum Gasteiger partial charge on any atom is 0.329 e. The summed E-state index contributed by atoms with van der Waals surface area (Å²) in [6.07, 6.45) is -0.617. The SMILES string of the molecule is NC1Cc2cc(CP(=O)(O)O)cc([N+](=O)[O-])c2OC1=O. The Labute approximate surface area is 112 Å². The van der Waals surface area contributed by atoms with E-state index in [-0.39, 0.29) is 23.3 Å². The number of nitrogens with zero attached hydrogens (tertiary/aromatic N) is 1. The number of carbonyl (C=O) groups excluding carboxylic acids is 1. The molecule has 0 amide bonds. The molecule has 0 spiro atoms. The largest absolute Gasteiger partial charge is 0.418 e. The molecule has 10 heteroatoms. The van der Waals surface area contributed by atoms with E-state index in [9.17, 15) is 19.5 Å². The second-order valence-corrected chi connectivity index (χ2v) is 6.06. The van der Waals surface area contributed by atoms with Crippen molar-refractivity contribution in [1.82, 2.24) is 0 Å². The summed E-state index contributed by atoms with van der Waals surface area (Å²) in [6.45, 7) is 0. The van der Waals surface area contributed by atoms with Crippen LogP contribution < -0.4 is 10.5 Å². The Hall–Kier alpha value is -1.80. The zero-order chi connectivity index (χ0) is 15.1. The fourth-order valence-corrected chi connectivity index (χ4v) is 2.63. The predicted octanol–water partition coefficient (Wildman–Crippen LogP) is 0.0613. The number of nitro benzene ring substituents is 1. The van der Waals surface area contributed by atoms with Crippen molar-refractivity contribution in [1.29, 1.82) is 0 Å². The molecule has 1 aliphatic rings. The van der Waals surface area contributed by atoms with Gasteiger partial charge in [-0.2, -0.15) is 0 Å². The topological polar surface area (TPSA) is 153 Å². The van der Waals surface area contributed by atoms with Crippen LogP contribution in [0.4, 0.5) is 5.69 Å². The van der Waals surface area contributed by atoms with Crippen LogP contribution in [-0.2, 0) is 21.9 Å². The Morgan fingerprint density at radius 3 is 2.70 bits per heavy atom. The maximum atomic E-state index is 11.4. The van der Waals surface area contributed by atoms with Crippen LogP contribution in [0.2, 0.25) is 0 Å². The molecule has 0 aliphatic carbocycles. The van der Waals surface area contributed by atoms with Crippen LogP contribution in [0, 0.1) is 10.1 Å². The van der Waals surface area contributed by atoms with E-state index in [1.165, 1.54) is 6.07 Å². The Morgan fingerprint density at radius 2 is 2.15 bits per heavy atom. The molecule has 1 unspecified atom stereocenters. The zero-order valence-corrected chi connectivity index (χ0v) is 10.9. The van der Waals surface area contributed by atoms with Gasteiger partial charge in [-0.05, 0) is 5.56 Å². The summed E-state index contributed by atoms with van der Waals surface area (Å²) in [4.78, 5) is 39.4. The van der Waals surface area contributed by atoms with Gasteiger partial charge in [-0.25, -0.2) is 4.79 Å². The van der Waals surface area contributed by atoms with Crippen molar-refractivity contribution in [3.05, 3.63) is 33.4 Å². The van der Waals surface area contributed by atoms with Gasteiger partial charge in [-0.1, -0.05) is 6.07 Å². The lowest BCUT2D eigenvalue weighted by molar-refractivity contribution is -0.385. The summed E-state index contributed by atoms with van der Waals surface area (Å²) in [5.41, 5.74) is 5.37. The van der Waals surface area contributed by atoms with Gasteiger partial charge in [0.05, 0.1) is 11.1 Å². The molecule has 1 aliphatic heterocycles. The number of rotatable bonds is 3. The third kappa shape index (κ3) is 3.02. The predicted molar refractivity (Wildman–Crippen MR) is 66.2 cm³/mol. The van der Waals surface area contributed by atoms with E-state index < -0.39 is 36.4 Å². The fraction of sp³-hybridized carbons (Fsp3) is 0.300. The molecule has 2 rings (SSSR count). The van der Waals surface area contributed by atoms with Gasteiger partial charge in [0.2, 0.25) is 5.75 Å². The highest BCUT2D eigenvalue weighted by molar-refractivity contribution is 7.50. The lowest BCUT2D eigenvalue weighted by Gasteiger charge is -2.21. The normalized spacial score (nSPS) is 18.4. The van der Waals surface area contributed by atoms with Gasteiger partial charge in [0.1, 0.15) is 6.04 Å². The van der Waals surface area contributed by atoms with Crippen LogP contribution >= 0.6 is 7.60 Å². The first-order valence-corrected chi connectivity index (χ1v) is 7.29. The van der Waals surface area contributed by atoms with Crippen LogP contribution in [0.3, 0.4) is 0 Å². The molecule has 0 radical (unpaired) electrons. The van der Waals surface area contributed by atoms with E-state index in [0.29, 0.717) is 0 Å². The molecule has 4 N–H and O–H groups in total. The number of carbonyl (C=O) groups is 1. The molecule has 0 bridgehead atoms. The number of hydrogen-bond donors (Lipinski definition) is 3. The number of hydrogen-bond acceptors (Lipinski definition) is 6. The molecule has 0 fully saturated rings. The number of benzene rings is 1. The lowest BCUT2D eigenvalue weighted by atomic mass is 9.99. The molecule has 20 heavy (non-hydrogen) atoms. The Kier molecular flexibility index (Phi) is 3.61. The van der Waals surface area contributed by atoms with Gasteiger partial charge < -0.3 is 20.3 Å². The summed E-state index contributed by atoms with van der Waals surface area (Å²) in [6, 6.07) is 1.39. The second kappa shape index (κ2) is 4.95. The zero-order valence-electron chi connectivity index (χ0n) is 10.1. The standard InChI is InChI=1S/C10H11N2O7P/c11-7-3-6-1-5(4-20(16,17)18)2-8(12(14)15)9(6)19-10(7)13/h1-2,7H,3-4,11H2,(H2,16,17,18).